The summed E-state index contributed by atoms with van der Waals surface area (Å²) in [6.45, 7) is 0. The summed E-state index contributed by atoms with van der Waals surface area (Å²) in [7, 11) is 0. The van der Waals surface area contributed by atoms with Crippen molar-refractivity contribution in [2.75, 3.05) is 0 Å². The van der Waals surface area contributed by atoms with Gasteiger partial charge in [0.05, 0.1) is 0 Å². The number of aromatic amines is 3. The molecule has 0 atom stereocenters. The summed E-state index contributed by atoms with van der Waals surface area (Å²) in [6.07, 6.45) is 4.07. The summed E-state index contributed by atoms with van der Waals surface area (Å²) < 4.78 is 0. The van der Waals surface area contributed by atoms with Gasteiger partial charge in [0.1, 0.15) is 0 Å². The molecule has 0 saturated heterocycles. The van der Waals surface area contributed by atoms with Gasteiger partial charge >= 0.3 is 0 Å². The fourth-order valence-electron chi connectivity index (χ4n) is 4.55. The average Bonchev–Trinajstić information content (AvgIpc) is 3.40. The van der Waals surface area contributed by atoms with Crippen molar-refractivity contribution in [3.8, 4) is 0 Å². The standard InChI is InChI=1S/C26H19N3O/c30-26-19(13-16-7-1-4-10-22(16)29-26)25(20-14-27-23-11-5-2-8-17(20)23)21-15-28-24-12-6-3-9-18(21)24/h1-15,25,27-28H,(H,29,30). The Bertz CT molecular complexity index is 1510. The van der Waals surface area contributed by atoms with Gasteiger partial charge in [-0.05, 0) is 40.8 Å². The monoisotopic (exact) mass is 389 g/mol. The molecule has 6 rings (SSSR count). The number of para-hydroxylation sites is 3. The first-order chi connectivity index (χ1) is 14.8. The van der Waals surface area contributed by atoms with Crippen LogP contribution in [0.3, 0.4) is 0 Å². The Hall–Kier alpha value is -4.05. The van der Waals surface area contributed by atoms with Gasteiger partial charge in [-0.1, -0.05) is 54.6 Å². The molecule has 4 nitrogen and oxygen atoms in total. The molecule has 0 spiro atoms. The lowest BCUT2D eigenvalue weighted by atomic mass is 9.85. The SMILES string of the molecule is O=c1[nH]c2ccccc2cc1C(c1c[nH]c2ccccc12)c1c[nH]c2ccccc12. The first-order valence-electron chi connectivity index (χ1n) is 10.0. The molecule has 0 amide bonds. The molecule has 4 heteroatoms. The number of hydrogen-bond donors (Lipinski definition) is 3. The Balaban J connectivity index is 1.70. The fourth-order valence-corrected chi connectivity index (χ4v) is 4.55. The maximum absolute atomic E-state index is 13.3. The lowest BCUT2D eigenvalue weighted by molar-refractivity contribution is 0.968. The Morgan fingerprint density at radius 3 is 1.77 bits per heavy atom. The van der Waals surface area contributed by atoms with Crippen LogP contribution in [0.5, 0.6) is 0 Å². The van der Waals surface area contributed by atoms with Crippen LogP contribution in [-0.2, 0) is 0 Å². The van der Waals surface area contributed by atoms with Crippen LogP contribution in [0.2, 0.25) is 0 Å². The van der Waals surface area contributed by atoms with E-state index >= 15 is 0 Å². The van der Waals surface area contributed by atoms with Gasteiger partial charge < -0.3 is 15.0 Å². The number of rotatable bonds is 3. The van der Waals surface area contributed by atoms with Crippen molar-refractivity contribution in [1.82, 2.24) is 15.0 Å². The topological polar surface area (TPSA) is 64.4 Å². The molecule has 6 aromatic rings. The van der Waals surface area contributed by atoms with Crippen LogP contribution in [0.25, 0.3) is 32.7 Å². The van der Waals surface area contributed by atoms with E-state index in [1.807, 2.05) is 67.0 Å². The highest BCUT2D eigenvalue weighted by molar-refractivity contribution is 5.89. The highest BCUT2D eigenvalue weighted by Crippen LogP contribution is 2.38. The third-order valence-electron chi connectivity index (χ3n) is 5.96. The lowest BCUT2D eigenvalue weighted by Gasteiger charge is -2.17. The Morgan fingerprint density at radius 2 is 1.13 bits per heavy atom. The van der Waals surface area contributed by atoms with E-state index in [0.29, 0.717) is 0 Å². The number of benzene rings is 3. The average molecular weight is 389 g/mol. The zero-order valence-electron chi connectivity index (χ0n) is 16.1. The van der Waals surface area contributed by atoms with Crippen molar-refractivity contribution in [1.29, 1.82) is 0 Å². The highest BCUT2D eigenvalue weighted by atomic mass is 16.1. The van der Waals surface area contributed by atoms with Gasteiger partial charge in [0.15, 0.2) is 0 Å². The summed E-state index contributed by atoms with van der Waals surface area (Å²) in [4.78, 5) is 23.1. The second-order valence-electron chi connectivity index (χ2n) is 7.65. The predicted octanol–water partition coefficient (Wildman–Crippen LogP) is 5.67. The van der Waals surface area contributed by atoms with E-state index in [2.05, 4.69) is 39.2 Å². The van der Waals surface area contributed by atoms with Gasteiger partial charge in [-0.3, -0.25) is 4.79 Å². The van der Waals surface area contributed by atoms with E-state index in [1.165, 1.54) is 0 Å². The normalized spacial score (nSPS) is 11.8. The summed E-state index contributed by atoms with van der Waals surface area (Å²) in [6, 6.07) is 26.4. The van der Waals surface area contributed by atoms with Crippen molar-refractivity contribution in [2.45, 2.75) is 5.92 Å². The van der Waals surface area contributed by atoms with E-state index in [9.17, 15) is 4.79 Å². The van der Waals surface area contributed by atoms with Crippen molar-refractivity contribution in [3.63, 3.8) is 0 Å². The molecule has 0 aliphatic rings. The molecular weight excluding hydrogens is 370 g/mol. The summed E-state index contributed by atoms with van der Waals surface area (Å²) in [5.41, 5.74) is 5.84. The maximum Gasteiger partial charge on any atom is 0.252 e. The van der Waals surface area contributed by atoms with Gasteiger partial charge in [-0.2, -0.15) is 0 Å². The molecule has 0 unspecified atom stereocenters. The van der Waals surface area contributed by atoms with Gasteiger partial charge in [-0.25, -0.2) is 0 Å². The van der Waals surface area contributed by atoms with Gasteiger partial charge in [0.25, 0.3) is 5.56 Å². The maximum atomic E-state index is 13.3. The van der Waals surface area contributed by atoms with Gasteiger partial charge in [0, 0.05) is 51.2 Å². The largest absolute Gasteiger partial charge is 0.361 e. The number of hydrogen-bond acceptors (Lipinski definition) is 1. The molecule has 0 radical (unpaired) electrons. The first kappa shape index (κ1) is 16.9. The molecule has 0 aliphatic carbocycles. The first-order valence-corrected chi connectivity index (χ1v) is 10.0. The Labute approximate surface area is 172 Å². The minimum absolute atomic E-state index is 0.0609. The lowest BCUT2D eigenvalue weighted by Crippen LogP contribution is -2.17. The molecule has 0 bridgehead atoms. The number of fused-ring (bicyclic) bond motifs is 3. The zero-order valence-corrected chi connectivity index (χ0v) is 16.1. The minimum Gasteiger partial charge on any atom is -0.361 e. The van der Waals surface area contributed by atoms with Gasteiger partial charge in [0.2, 0.25) is 0 Å². The van der Waals surface area contributed by atoms with Crippen LogP contribution >= 0.6 is 0 Å². The predicted molar refractivity (Wildman–Crippen MR) is 122 cm³/mol. The molecule has 0 aliphatic heterocycles. The quantitative estimate of drug-likeness (QED) is 0.359. The van der Waals surface area contributed by atoms with Crippen molar-refractivity contribution >= 4 is 32.7 Å². The van der Waals surface area contributed by atoms with Crippen LogP contribution in [0.4, 0.5) is 0 Å². The summed E-state index contributed by atoms with van der Waals surface area (Å²) in [5.74, 6) is -0.203. The van der Waals surface area contributed by atoms with Crippen LogP contribution in [0, 0.1) is 0 Å². The van der Waals surface area contributed by atoms with Crippen LogP contribution < -0.4 is 5.56 Å². The third-order valence-corrected chi connectivity index (χ3v) is 5.96. The molecule has 3 aromatic heterocycles. The van der Waals surface area contributed by atoms with Crippen molar-refractivity contribution < 1.29 is 0 Å². The third kappa shape index (κ3) is 2.51. The molecule has 3 N–H and O–H groups in total. The highest BCUT2D eigenvalue weighted by Gasteiger charge is 2.25. The van der Waals surface area contributed by atoms with Crippen LogP contribution in [-0.4, -0.2) is 15.0 Å². The van der Waals surface area contributed by atoms with E-state index in [1.54, 1.807) is 0 Å². The molecule has 3 aromatic carbocycles. The number of nitrogens with one attached hydrogen (secondary N) is 3. The summed E-state index contributed by atoms with van der Waals surface area (Å²) in [5, 5.41) is 3.28. The number of H-pyrrole nitrogens is 3. The van der Waals surface area contributed by atoms with E-state index in [4.69, 9.17) is 0 Å². The Kier molecular flexibility index (Phi) is 3.65. The van der Waals surface area contributed by atoms with E-state index in [0.717, 1.165) is 49.4 Å². The molecule has 3 heterocycles. The fraction of sp³-hybridized carbons (Fsp3) is 0.0385. The van der Waals surface area contributed by atoms with E-state index in [-0.39, 0.29) is 11.5 Å². The van der Waals surface area contributed by atoms with Gasteiger partial charge in [-0.15, -0.1) is 0 Å². The number of pyridine rings is 1. The molecule has 0 saturated carbocycles. The second-order valence-corrected chi connectivity index (χ2v) is 7.65. The zero-order chi connectivity index (χ0) is 20.1. The summed E-state index contributed by atoms with van der Waals surface area (Å²) >= 11 is 0. The molecule has 144 valence electrons. The Morgan fingerprint density at radius 1 is 0.600 bits per heavy atom. The molecular formula is C26H19N3O. The van der Waals surface area contributed by atoms with Crippen LogP contribution in [0.15, 0.2) is 96.1 Å². The van der Waals surface area contributed by atoms with Crippen molar-refractivity contribution in [3.05, 3.63) is 118 Å². The van der Waals surface area contributed by atoms with Crippen LogP contribution in [0.1, 0.15) is 22.6 Å². The second kappa shape index (κ2) is 6.49. The molecule has 30 heavy (non-hydrogen) atoms. The number of aromatic nitrogens is 3. The minimum atomic E-state index is -0.203. The smallest absolute Gasteiger partial charge is 0.252 e. The van der Waals surface area contributed by atoms with E-state index < -0.39 is 0 Å². The van der Waals surface area contributed by atoms with Crippen molar-refractivity contribution in [2.24, 2.45) is 0 Å². The molecule has 0 fully saturated rings.